The summed E-state index contributed by atoms with van der Waals surface area (Å²) >= 11 is 1.69. The highest BCUT2D eigenvalue weighted by atomic mass is 32.1. The zero-order valence-corrected chi connectivity index (χ0v) is 17.2. The van der Waals surface area contributed by atoms with Crippen LogP contribution >= 0.6 is 11.3 Å². The first-order chi connectivity index (χ1) is 13.0. The first kappa shape index (κ1) is 19.3. The van der Waals surface area contributed by atoms with Crippen LogP contribution in [0.2, 0.25) is 0 Å². The molecule has 0 aliphatic carbocycles. The molecule has 0 saturated heterocycles. The normalized spacial score (nSPS) is 12.4. The smallest absolute Gasteiger partial charge is 0.191 e. The predicted molar refractivity (Wildman–Crippen MR) is 114 cm³/mol. The molecule has 0 atom stereocenters. The molecule has 27 heavy (non-hydrogen) atoms. The molecule has 2 heterocycles. The maximum absolute atomic E-state index is 4.75. The number of aliphatic imine (C=N–C) groups is 1. The molecule has 0 amide bonds. The van der Waals surface area contributed by atoms with Gasteiger partial charge in [0.25, 0.3) is 0 Å². The third-order valence-electron chi connectivity index (χ3n) is 4.22. The van der Waals surface area contributed by atoms with Gasteiger partial charge in [0.15, 0.2) is 5.96 Å². The van der Waals surface area contributed by atoms with Crippen molar-refractivity contribution in [1.29, 1.82) is 0 Å². The molecule has 0 aliphatic heterocycles. The minimum absolute atomic E-state index is 0.0791. The van der Waals surface area contributed by atoms with E-state index in [1.807, 2.05) is 30.5 Å². The maximum atomic E-state index is 4.75. The fourth-order valence-electron chi connectivity index (χ4n) is 2.69. The predicted octanol–water partition coefficient (Wildman–Crippen LogP) is 4.24. The lowest BCUT2D eigenvalue weighted by molar-refractivity contribution is 0.570. The summed E-state index contributed by atoms with van der Waals surface area (Å²) in [4.78, 5) is 13.9. The first-order valence-corrected chi connectivity index (χ1v) is 10.1. The Hall–Kier alpha value is -2.47. The van der Waals surface area contributed by atoms with E-state index >= 15 is 0 Å². The highest BCUT2D eigenvalue weighted by Gasteiger charge is 2.17. The van der Waals surface area contributed by atoms with Crippen molar-refractivity contribution >= 4 is 28.2 Å². The molecule has 2 aromatic heterocycles. The van der Waals surface area contributed by atoms with Gasteiger partial charge in [-0.2, -0.15) is 0 Å². The van der Waals surface area contributed by atoms with E-state index in [4.69, 9.17) is 9.98 Å². The van der Waals surface area contributed by atoms with Crippen molar-refractivity contribution in [3.05, 3.63) is 58.2 Å². The number of para-hydroxylation sites is 1. The average Bonchev–Trinajstić information content (AvgIpc) is 3.13. The molecular formula is C21H27N5S. The van der Waals surface area contributed by atoms with E-state index in [0.717, 1.165) is 34.1 Å². The van der Waals surface area contributed by atoms with Crippen molar-refractivity contribution in [3.63, 3.8) is 0 Å². The Balaban J connectivity index is 1.70. The Morgan fingerprint density at radius 2 is 1.96 bits per heavy atom. The van der Waals surface area contributed by atoms with E-state index in [-0.39, 0.29) is 5.41 Å². The van der Waals surface area contributed by atoms with Gasteiger partial charge in [-0.3, -0.25) is 4.98 Å². The summed E-state index contributed by atoms with van der Waals surface area (Å²) in [5.41, 5.74) is 3.38. The maximum Gasteiger partial charge on any atom is 0.191 e. The van der Waals surface area contributed by atoms with Crippen LogP contribution in [0, 0.1) is 0 Å². The lowest BCUT2D eigenvalue weighted by Crippen LogP contribution is -2.36. The second kappa shape index (κ2) is 8.48. The molecule has 0 unspecified atom stereocenters. The van der Waals surface area contributed by atoms with Gasteiger partial charge in [0.2, 0.25) is 0 Å². The number of pyridine rings is 1. The minimum atomic E-state index is 0.0791. The largest absolute Gasteiger partial charge is 0.357 e. The quantitative estimate of drug-likeness (QED) is 0.512. The van der Waals surface area contributed by atoms with Gasteiger partial charge in [-0.1, -0.05) is 39.0 Å². The molecule has 0 bridgehead atoms. The van der Waals surface area contributed by atoms with E-state index in [9.17, 15) is 0 Å². The molecule has 5 nitrogen and oxygen atoms in total. The van der Waals surface area contributed by atoms with Crippen molar-refractivity contribution in [1.82, 2.24) is 20.6 Å². The summed E-state index contributed by atoms with van der Waals surface area (Å²) in [5.74, 6) is 0.797. The van der Waals surface area contributed by atoms with Gasteiger partial charge in [-0.25, -0.2) is 9.98 Å². The number of hydrogen-bond donors (Lipinski definition) is 2. The Morgan fingerprint density at radius 1 is 1.15 bits per heavy atom. The van der Waals surface area contributed by atoms with Crippen LogP contribution in [0.15, 0.2) is 46.9 Å². The number of thiazole rings is 1. The molecule has 6 heteroatoms. The lowest BCUT2D eigenvalue weighted by Gasteiger charge is -2.14. The summed E-state index contributed by atoms with van der Waals surface area (Å²) in [6, 6.07) is 10.2. The van der Waals surface area contributed by atoms with Crippen molar-refractivity contribution < 1.29 is 0 Å². The number of guanidine groups is 1. The van der Waals surface area contributed by atoms with Crippen LogP contribution in [0.3, 0.4) is 0 Å². The number of aromatic nitrogens is 2. The number of hydrogen-bond acceptors (Lipinski definition) is 4. The standard InChI is InChI=1S/C21H27N5S/c1-5-22-20(25-13-19-26-18(14-27-19)21(2,3)4)24-12-15-10-11-23-17-9-7-6-8-16(15)17/h6-11,14H,5,12-13H2,1-4H3,(H2,22,24,25). The average molecular weight is 382 g/mol. The Bertz CT molecular complexity index is 918. The molecule has 0 spiro atoms. The molecule has 0 aliphatic rings. The summed E-state index contributed by atoms with van der Waals surface area (Å²) in [6.07, 6.45) is 1.84. The van der Waals surface area contributed by atoms with Crippen molar-refractivity contribution in [2.24, 2.45) is 4.99 Å². The lowest BCUT2D eigenvalue weighted by atomic mass is 9.93. The molecule has 0 saturated carbocycles. The van der Waals surface area contributed by atoms with Gasteiger partial charge in [0, 0.05) is 28.9 Å². The number of nitrogens with one attached hydrogen (secondary N) is 2. The zero-order valence-electron chi connectivity index (χ0n) is 16.4. The SMILES string of the molecule is CCNC(=NCc1ccnc2ccccc12)NCc1nc(C(C)(C)C)cs1. The van der Waals surface area contributed by atoms with Gasteiger partial charge in [-0.15, -0.1) is 11.3 Å². The molecule has 0 fully saturated rings. The number of nitrogens with zero attached hydrogens (tertiary/aromatic N) is 3. The summed E-state index contributed by atoms with van der Waals surface area (Å²) in [6.45, 7) is 10.7. The second-order valence-corrected chi connectivity index (χ2v) is 8.36. The highest BCUT2D eigenvalue weighted by Crippen LogP contribution is 2.23. The van der Waals surface area contributed by atoms with Gasteiger partial charge in [0.1, 0.15) is 5.01 Å². The fourth-order valence-corrected chi connectivity index (χ4v) is 3.66. The Kier molecular flexibility index (Phi) is 6.06. The molecule has 3 aromatic rings. The topological polar surface area (TPSA) is 62.2 Å². The summed E-state index contributed by atoms with van der Waals surface area (Å²) in [5, 5.41) is 11.1. The molecule has 0 radical (unpaired) electrons. The van der Waals surface area contributed by atoms with Crippen molar-refractivity contribution in [2.75, 3.05) is 6.54 Å². The Labute approximate surface area is 165 Å². The highest BCUT2D eigenvalue weighted by molar-refractivity contribution is 7.09. The number of benzene rings is 1. The van der Waals surface area contributed by atoms with Crippen LogP contribution in [0.5, 0.6) is 0 Å². The third kappa shape index (κ3) is 5.04. The second-order valence-electron chi connectivity index (χ2n) is 7.41. The fraction of sp³-hybridized carbons (Fsp3) is 0.381. The van der Waals surface area contributed by atoms with Gasteiger partial charge >= 0.3 is 0 Å². The van der Waals surface area contributed by atoms with Crippen LogP contribution in [-0.4, -0.2) is 22.5 Å². The van der Waals surface area contributed by atoms with Crippen molar-refractivity contribution in [2.45, 2.75) is 46.2 Å². The van der Waals surface area contributed by atoms with Crippen LogP contribution in [0.25, 0.3) is 10.9 Å². The third-order valence-corrected chi connectivity index (χ3v) is 5.07. The number of rotatable bonds is 5. The number of fused-ring (bicyclic) bond motifs is 1. The van der Waals surface area contributed by atoms with Gasteiger partial charge in [-0.05, 0) is 24.6 Å². The van der Waals surface area contributed by atoms with Crippen LogP contribution in [0.4, 0.5) is 0 Å². The molecular weight excluding hydrogens is 354 g/mol. The molecule has 1 aromatic carbocycles. The van der Waals surface area contributed by atoms with Crippen LogP contribution < -0.4 is 10.6 Å². The minimum Gasteiger partial charge on any atom is -0.357 e. The van der Waals surface area contributed by atoms with E-state index in [1.165, 1.54) is 5.56 Å². The van der Waals surface area contributed by atoms with E-state index in [2.05, 4.69) is 54.8 Å². The molecule has 142 valence electrons. The Morgan fingerprint density at radius 3 is 2.70 bits per heavy atom. The monoisotopic (exact) mass is 381 g/mol. The van der Waals surface area contributed by atoms with Crippen molar-refractivity contribution in [3.8, 4) is 0 Å². The van der Waals surface area contributed by atoms with Gasteiger partial charge in [0.05, 0.1) is 24.3 Å². The van der Waals surface area contributed by atoms with E-state index < -0.39 is 0 Å². The van der Waals surface area contributed by atoms with E-state index in [0.29, 0.717) is 13.1 Å². The van der Waals surface area contributed by atoms with E-state index in [1.54, 1.807) is 11.3 Å². The first-order valence-electron chi connectivity index (χ1n) is 9.27. The zero-order chi connectivity index (χ0) is 19.3. The summed E-state index contributed by atoms with van der Waals surface area (Å²) < 4.78 is 0. The molecule has 3 rings (SSSR count). The molecule has 2 N–H and O–H groups in total. The summed E-state index contributed by atoms with van der Waals surface area (Å²) in [7, 11) is 0. The van der Waals surface area contributed by atoms with Crippen LogP contribution in [0.1, 0.15) is 44.0 Å². The van der Waals surface area contributed by atoms with Gasteiger partial charge < -0.3 is 10.6 Å². The van der Waals surface area contributed by atoms with Crippen LogP contribution in [-0.2, 0) is 18.5 Å².